The van der Waals surface area contributed by atoms with Crippen LogP contribution in [0.2, 0.25) is 0 Å². The first-order valence-corrected chi connectivity index (χ1v) is 13.7. The molecular formula is C30H52. The molecule has 0 spiro atoms. The zero-order valence-corrected chi connectivity index (χ0v) is 21.7. The Morgan fingerprint density at radius 1 is 0.867 bits per heavy atom. The van der Waals surface area contributed by atoms with E-state index in [1.165, 1.54) is 70.6 Å². The van der Waals surface area contributed by atoms with Gasteiger partial charge in [-0.25, -0.2) is 0 Å². The summed E-state index contributed by atoms with van der Waals surface area (Å²) in [5, 5.41) is 0. The normalized spacial score (nSPS) is 46.0. The second-order valence-electron chi connectivity index (χ2n) is 14.1. The van der Waals surface area contributed by atoms with Crippen LogP contribution < -0.4 is 0 Å². The van der Waals surface area contributed by atoms with Gasteiger partial charge in [0.25, 0.3) is 0 Å². The zero-order valence-electron chi connectivity index (χ0n) is 21.7. The van der Waals surface area contributed by atoms with E-state index in [1.807, 2.05) is 5.57 Å². The van der Waals surface area contributed by atoms with Gasteiger partial charge in [-0.05, 0) is 96.2 Å². The molecular weight excluding hydrogens is 360 g/mol. The second-order valence-corrected chi connectivity index (χ2v) is 14.1. The molecule has 0 heteroatoms. The molecule has 7 atom stereocenters. The zero-order chi connectivity index (χ0) is 21.9. The molecule has 30 heavy (non-hydrogen) atoms. The monoisotopic (exact) mass is 412 g/mol. The Morgan fingerprint density at radius 3 is 2.30 bits per heavy atom. The third-order valence-electron chi connectivity index (χ3n) is 11.8. The van der Waals surface area contributed by atoms with Gasteiger partial charge in [-0.2, -0.15) is 0 Å². The summed E-state index contributed by atoms with van der Waals surface area (Å²) in [4.78, 5) is 0. The van der Waals surface area contributed by atoms with Crippen LogP contribution in [0.25, 0.3) is 0 Å². The van der Waals surface area contributed by atoms with Crippen molar-refractivity contribution in [2.24, 2.45) is 51.2 Å². The van der Waals surface area contributed by atoms with Crippen molar-refractivity contribution in [2.45, 2.75) is 126 Å². The fourth-order valence-corrected chi connectivity index (χ4v) is 9.73. The first kappa shape index (κ1) is 22.9. The molecule has 0 amide bonds. The molecule has 0 aromatic rings. The Kier molecular flexibility index (Phi) is 5.85. The third kappa shape index (κ3) is 3.28. The third-order valence-corrected chi connectivity index (χ3v) is 11.8. The molecule has 0 saturated heterocycles. The number of hydrogen-bond acceptors (Lipinski definition) is 0. The van der Waals surface area contributed by atoms with Crippen molar-refractivity contribution in [1.29, 1.82) is 0 Å². The van der Waals surface area contributed by atoms with Crippen molar-refractivity contribution in [3.63, 3.8) is 0 Å². The minimum absolute atomic E-state index is 0.446. The first-order valence-electron chi connectivity index (χ1n) is 13.7. The average molecular weight is 413 g/mol. The summed E-state index contributed by atoms with van der Waals surface area (Å²) in [5.41, 5.74) is 3.95. The van der Waals surface area contributed by atoms with Crippen LogP contribution in [-0.4, -0.2) is 0 Å². The van der Waals surface area contributed by atoms with Gasteiger partial charge in [-0.3, -0.25) is 0 Å². The van der Waals surface area contributed by atoms with Crippen molar-refractivity contribution < 1.29 is 0 Å². The summed E-state index contributed by atoms with van der Waals surface area (Å²) in [6.07, 6.45) is 18.7. The quantitative estimate of drug-likeness (QED) is 0.394. The van der Waals surface area contributed by atoms with Crippen LogP contribution in [0.3, 0.4) is 0 Å². The lowest BCUT2D eigenvalue weighted by Gasteiger charge is -2.65. The smallest absolute Gasteiger partial charge is 0.0141 e. The van der Waals surface area contributed by atoms with Crippen molar-refractivity contribution in [3.8, 4) is 0 Å². The van der Waals surface area contributed by atoms with E-state index < -0.39 is 0 Å². The maximum absolute atomic E-state index is 2.77. The highest BCUT2D eigenvalue weighted by atomic mass is 14.7. The summed E-state index contributed by atoms with van der Waals surface area (Å²) in [6, 6.07) is 0. The van der Waals surface area contributed by atoms with Crippen LogP contribution in [-0.2, 0) is 0 Å². The van der Waals surface area contributed by atoms with Crippen LogP contribution in [0.4, 0.5) is 0 Å². The van der Waals surface area contributed by atoms with E-state index in [-0.39, 0.29) is 0 Å². The van der Waals surface area contributed by atoms with Crippen molar-refractivity contribution >= 4 is 0 Å². The maximum atomic E-state index is 2.77. The average Bonchev–Trinajstić information content (AvgIpc) is 2.93. The highest BCUT2D eigenvalue weighted by molar-refractivity contribution is 5.29. The second kappa shape index (κ2) is 7.66. The fraction of sp³-hybridized carbons (Fsp3) is 0.933. The van der Waals surface area contributed by atoms with Crippen LogP contribution in [0.5, 0.6) is 0 Å². The lowest BCUT2D eigenvalue weighted by Crippen LogP contribution is -2.58. The molecule has 0 aromatic heterocycles. The number of allylic oxidation sites excluding steroid dienone is 2. The van der Waals surface area contributed by atoms with E-state index in [0.29, 0.717) is 21.7 Å². The minimum Gasteiger partial charge on any atom is -0.0842 e. The van der Waals surface area contributed by atoms with Crippen molar-refractivity contribution in [2.75, 3.05) is 0 Å². The van der Waals surface area contributed by atoms with Gasteiger partial charge >= 0.3 is 0 Å². The van der Waals surface area contributed by atoms with Crippen LogP contribution in [0, 0.1) is 51.2 Å². The highest BCUT2D eigenvalue weighted by Crippen LogP contribution is 2.74. The summed E-state index contributed by atoms with van der Waals surface area (Å²) < 4.78 is 0. The first-order chi connectivity index (χ1) is 14.0. The molecule has 0 N–H and O–H groups in total. The van der Waals surface area contributed by atoms with Gasteiger partial charge in [0.05, 0.1) is 0 Å². The van der Waals surface area contributed by atoms with Gasteiger partial charge in [0.2, 0.25) is 0 Å². The summed E-state index contributed by atoms with van der Waals surface area (Å²) in [5.74, 6) is 4.48. The van der Waals surface area contributed by atoms with E-state index in [2.05, 4.69) is 61.5 Å². The number of fused-ring (bicyclic) bond motifs is 5. The largest absolute Gasteiger partial charge is 0.0842 e. The molecule has 3 fully saturated rings. The predicted molar refractivity (Wildman–Crippen MR) is 131 cm³/mol. The predicted octanol–water partition coefficient (Wildman–Crippen LogP) is 9.44. The maximum Gasteiger partial charge on any atom is -0.0141 e. The lowest BCUT2D eigenvalue weighted by atomic mass is 9.39. The summed E-state index contributed by atoms with van der Waals surface area (Å²) in [6.45, 7) is 20.7. The molecule has 0 bridgehead atoms. The molecule has 4 rings (SSSR count). The van der Waals surface area contributed by atoms with E-state index in [9.17, 15) is 0 Å². The van der Waals surface area contributed by atoms with Gasteiger partial charge in [-0.15, -0.1) is 0 Å². The Balaban J connectivity index is 1.59. The van der Waals surface area contributed by atoms with Crippen LogP contribution in [0.1, 0.15) is 126 Å². The molecule has 172 valence electrons. The summed E-state index contributed by atoms with van der Waals surface area (Å²) in [7, 11) is 0. The molecule has 0 radical (unpaired) electrons. The molecule has 0 nitrogen and oxygen atoms in total. The van der Waals surface area contributed by atoms with Crippen molar-refractivity contribution in [3.05, 3.63) is 11.6 Å². The van der Waals surface area contributed by atoms with E-state index >= 15 is 0 Å². The number of rotatable bonds is 5. The van der Waals surface area contributed by atoms with Gasteiger partial charge in [0.1, 0.15) is 0 Å². The lowest BCUT2D eigenvalue weighted by molar-refractivity contribution is -0.140. The van der Waals surface area contributed by atoms with E-state index in [4.69, 9.17) is 0 Å². The van der Waals surface area contributed by atoms with Gasteiger partial charge in [0.15, 0.2) is 0 Å². The standard InChI is InChI=1S/C30H52/c1-21(2)11-9-12-22(3)23-16-18-30(8)26-15-14-24-25(13-10-17-27(24,4)5)28(26,6)19-20-29(23,30)7/h14,21-23,25-26H,9-13,15-20H2,1-8H3/t22-,23-,25+,26-,28+,29-,30+/m1/s1. The minimum atomic E-state index is 0.446. The van der Waals surface area contributed by atoms with E-state index in [0.717, 1.165) is 29.6 Å². The van der Waals surface area contributed by atoms with Crippen molar-refractivity contribution in [1.82, 2.24) is 0 Å². The van der Waals surface area contributed by atoms with Gasteiger partial charge in [0, 0.05) is 0 Å². The topological polar surface area (TPSA) is 0 Å². The molecule has 0 unspecified atom stereocenters. The molecule has 3 saturated carbocycles. The van der Waals surface area contributed by atoms with Gasteiger partial charge in [-0.1, -0.05) is 92.7 Å². The Labute approximate surface area is 189 Å². The molecule has 4 aliphatic carbocycles. The Bertz CT molecular complexity index is 668. The highest BCUT2D eigenvalue weighted by Gasteiger charge is 2.66. The summed E-state index contributed by atoms with van der Waals surface area (Å²) >= 11 is 0. The molecule has 0 aliphatic heterocycles. The van der Waals surface area contributed by atoms with Crippen LogP contribution in [0.15, 0.2) is 11.6 Å². The molecule has 0 aromatic carbocycles. The fourth-order valence-electron chi connectivity index (χ4n) is 9.73. The molecule has 4 aliphatic rings. The SMILES string of the molecule is CC(C)CCC[C@@H](C)[C@H]1CC[C@@]2(C)[C@@H]3CC=C4[C@H](CCCC4(C)C)[C@]3(C)CC[C@]12C. The number of hydrogen-bond donors (Lipinski definition) is 0. The van der Waals surface area contributed by atoms with Gasteiger partial charge < -0.3 is 0 Å². The Morgan fingerprint density at radius 2 is 1.60 bits per heavy atom. The molecule has 0 heterocycles. The van der Waals surface area contributed by atoms with E-state index in [1.54, 1.807) is 0 Å². The Hall–Kier alpha value is -0.260. The van der Waals surface area contributed by atoms with Crippen LogP contribution >= 0.6 is 0 Å².